The molecule has 0 saturated carbocycles. The van der Waals surface area contributed by atoms with Crippen molar-refractivity contribution in [2.45, 2.75) is 38.9 Å². The summed E-state index contributed by atoms with van der Waals surface area (Å²) in [5, 5.41) is 2.98. The lowest BCUT2D eigenvalue weighted by atomic mass is 9.96. The summed E-state index contributed by atoms with van der Waals surface area (Å²) in [4.78, 5) is 40.1. The van der Waals surface area contributed by atoms with Crippen LogP contribution >= 0.6 is 0 Å². The molecule has 0 spiro atoms. The summed E-state index contributed by atoms with van der Waals surface area (Å²) in [7, 11) is 0. The number of carbonyl (C=O) groups excluding carboxylic acids is 1. The topological polar surface area (TPSA) is 76.3 Å². The van der Waals surface area contributed by atoms with Gasteiger partial charge in [-0.05, 0) is 50.0 Å². The van der Waals surface area contributed by atoms with E-state index < -0.39 is 11.1 Å². The molecule has 1 fully saturated rings. The second-order valence-electron chi connectivity index (χ2n) is 9.01. The van der Waals surface area contributed by atoms with Crippen molar-refractivity contribution in [2.75, 3.05) is 19.6 Å². The number of piperidine rings is 1. The minimum absolute atomic E-state index is 0.112. The third-order valence-corrected chi connectivity index (χ3v) is 6.66. The van der Waals surface area contributed by atoms with E-state index in [0.717, 1.165) is 25.9 Å². The van der Waals surface area contributed by atoms with Gasteiger partial charge in [0.05, 0.1) is 11.0 Å². The number of allylic oxidation sites excluding steroid dienone is 1. The largest absolute Gasteiger partial charge is 0.356 e. The lowest BCUT2D eigenvalue weighted by Crippen LogP contribution is -2.42. The fourth-order valence-electron chi connectivity index (χ4n) is 4.68. The van der Waals surface area contributed by atoms with Gasteiger partial charge in [0.2, 0.25) is 5.91 Å². The number of aromatic nitrogens is 2. The maximum Gasteiger partial charge on any atom is 0.317 e. The molecule has 2 heterocycles. The Morgan fingerprint density at radius 1 is 1.00 bits per heavy atom. The lowest BCUT2D eigenvalue weighted by Gasteiger charge is -2.32. The molecule has 0 atom stereocenters. The predicted octanol–water partition coefficient (Wildman–Crippen LogP) is 2.91. The molecule has 0 bridgehead atoms. The Hall–Kier alpha value is -3.52. The van der Waals surface area contributed by atoms with Crippen LogP contribution in [0.2, 0.25) is 0 Å². The average molecular weight is 479 g/mol. The number of nitrogens with zero attached hydrogens (tertiary/aromatic N) is 3. The molecule has 4 rings (SSSR count). The van der Waals surface area contributed by atoms with Crippen LogP contribution in [0, 0.1) is 11.7 Å². The zero-order valence-corrected chi connectivity index (χ0v) is 19.8. The summed E-state index contributed by atoms with van der Waals surface area (Å²) in [6.07, 6.45) is 3.55. The Balaban J connectivity index is 1.30. The van der Waals surface area contributed by atoms with Crippen LogP contribution in [0.1, 0.15) is 24.8 Å². The SMILES string of the molecule is C=CCn1c(=O)c(=O)n(CCC(=O)NCC2CCN(Cc3ccccc3F)CC2)c2ccccc21. The molecule has 0 aliphatic carbocycles. The quantitative estimate of drug-likeness (QED) is 0.379. The lowest BCUT2D eigenvalue weighted by molar-refractivity contribution is -0.121. The summed E-state index contributed by atoms with van der Waals surface area (Å²) >= 11 is 0. The summed E-state index contributed by atoms with van der Waals surface area (Å²) in [5.74, 6) is 0.0408. The summed E-state index contributed by atoms with van der Waals surface area (Å²) in [6, 6.07) is 14.0. The smallest absolute Gasteiger partial charge is 0.317 e. The maximum absolute atomic E-state index is 13.9. The fourth-order valence-corrected chi connectivity index (χ4v) is 4.68. The summed E-state index contributed by atoms with van der Waals surface area (Å²) in [6.45, 7) is 6.93. The number of hydrogen-bond donors (Lipinski definition) is 1. The number of amides is 1. The van der Waals surface area contributed by atoms with Gasteiger partial charge in [-0.2, -0.15) is 0 Å². The highest BCUT2D eigenvalue weighted by atomic mass is 19.1. The van der Waals surface area contributed by atoms with Crippen LogP contribution in [0.15, 0.2) is 70.8 Å². The molecule has 3 aromatic rings. The van der Waals surface area contributed by atoms with E-state index in [1.54, 1.807) is 30.3 Å². The van der Waals surface area contributed by atoms with Crippen LogP contribution in [0.25, 0.3) is 11.0 Å². The van der Waals surface area contributed by atoms with E-state index >= 15 is 0 Å². The van der Waals surface area contributed by atoms with Crippen LogP contribution in [0.5, 0.6) is 0 Å². The molecule has 1 aliphatic rings. The number of likely N-dealkylation sites (tertiary alicyclic amines) is 1. The molecule has 184 valence electrons. The number of carbonyl (C=O) groups is 1. The van der Waals surface area contributed by atoms with Crippen LogP contribution in [-0.4, -0.2) is 39.6 Å². The highest BCUT2D eigenvalue weighted by Gasteiger charge is 2.21. The monoisotopic (exact) mass is 478 g/mol. The van der Waals surface area contributed by atoms with Gasteiger partial charge in [0.15, 0.2) is 0 Å². The van der Waals surface area contributed by atoms with Crippen molar-refractivity contribution in [3.63, 3.8) is 0 Å². The fraction of sp³-hybridized carbons (Fsp3) is 0.370. The van der Waals surface area contributed by atoms with E-state index in [0.29, 0.717) is 35.6 Å². The third-order valence-electron chi connectivity index (χ3n) is 6.66. The van der Waals surface area contributed by atoms with Crippen molar-refractivity contribution < 1.29 is 9.18 Å². The summed E-state index contributed by atoms with van der Waals surface area (Å²) in [5.41, 5.74) is 0.708. The molecule has 7 nitrogen and oxygen atoms in total. The van der Waals surface area contributed by atoms with Gasteiger partial charge in [0.25, 0.3) is 0 Å². The van der Waals surface area contributed by atoms with E-state index in [1.165, 1.54) is 15.2 Å². The van der Waals surface area contributed by atoms with Crippen molar-refractivity contribution in [3.05, 3.63) is 93.3 Å². The number of benzene rings is 2. The standard InChI is InChI=1S/C27H31FN4O3/c1-2-14-31-23-9-5-6-10-24(23)32(27(35)26(31)34)17-13-25(33)29-18-20-11-15-30(16-12-20)19-21-7-3-4-8-22(21)28/h2-10,20H,1,11-19H2,(H,29,33). The molecular weight excluding hydrogens is 447 g/mol. The van der Waals surface area contributed by atoms with E-state index in [1.807, 2.05) is 18.2 Å². The van der Waals surface area contributed by atoms with Crippen molar-refractivity contribution in [1.82, 2.24) is 19.4 Å². The number of hydrogen-bond acceptors (Lipinski definition) is 4. The molecule has 1 saturated heterocycles. The Morgan fingerprint density at radius 2 is 1.63 bits per heavy atom. The highest BCUT2D eigenvalue weighted by Crippen LogP contribution is 2.19. The Morgan fingerprint density at radius 3 is 2.31 bits per heavy atom. The Kier molecular flexibility index (Phi) is 7.92. The first-order chi connectivity index (χ1) is 17.0. The minimum atomic E-state index is -0.638. The second-order valence-corrected chi connectivity index (χ2v) is 9.01. The predicted molar refractivity (Wildman–Crippen MR) is 135 cm³/mol. The third kappa shape index (κ3) is 5.77. The molecule has 1 aromatic heterocycles. The zero-order valence-electron chi connectivity index (χ0n) is 19.8. The highest BCUT2D eigenvalue weighted by molar-refractivity contribution is 5.77. The van der Waals surface area contributed by atoms with Crippen LogP contribution in [0.3, 0.4) is 0 Å². The van der Waals surface area contributed by atoms with Crippen LogP contribution in [-0.2, 0) is 24.4 Å². The second kappa shape index (κ2) is 11.3. The van der Waals surface area contributed by atoms with Crippen LogP contribution in [0.4, 0.5) is 4.39 Å². The van der Waals surface area contributed by atoms with E-state index in [-0.39, 0.29) is 31.2 Å². The van der Waals surface area contributed by atoms with Crippen molar-refractivity contribution >= 4 is 16.9 Å². The van der Waals surface area contributed by atoms with Crippen molar-refractivity contribution in [2.24, 2.45) is 5.92 Å². The average Bonchev–Trinajstić information content (AvgIpc) is 2.87. The van der Waals surface area contributed by atoms with E-state index in [9.17, 15) is 18.8 Å². The first kappa shape index (κ1) is 24.6. The number of nitrogens with one attached hydrogen (secondary N) is 1. The number of aryl methyl sites for hydroxylation is 1. The van der Waals surface area contributed by atoms with Gasteiger partial charge in [-0.15, -0.1) is 6.58 Å². The zero-order chi connectivity index (χ0) is 24.8. The molecule has 0 radical (unpaired) electrons. The molecular formula is C27H31FN4O3. The molecule has 35 heavy (non-hydrogen) atoms. The number of fused-ring (bicyclic) bond motifs is 1. The molecule has 1 N–H and O–H groups in total. The number of halogens is 1. The van der Waals surface area contributed by atoms with Crippen molar-refractivity contribution in [1.29, 1.82) is 0 Å². The Bertz CT molecular complexity index is 1320. The van der Waals surface area contributed by atoms with Crippen LogP contribution < -0.4 is 16.4 Å². The van der Waals surface area contributed by atoms with Crippen molar-refractivity contribution in [3.8, 4) is 0 Å². The molecule has 0 unspecified atom stereocenters. The first-order valence-electron chi connectivity index (χ1n) is 12.0. The van der Waals surface area contributed by atoms with E-state index in [4.69, 9.17) is 0 Å². The van der Waals surface area contributed by atoms with Gasteiger partial charge >= 0.3 is 11.1 Å². The minimum Gasteiger partial charge on any atom is -0.356 e. The number of para-hydroxylation sites is 2. The van der Waals surface area contributed by atoms with Gasteiger partial charge in [-0.25, -0.2) is 4.39 Å². The van der Waals surface area contributed by atoms with E-state index in [2.05, 4.69) is 16.8 Å². The molecule has 1 amide bonds. The van der Waals surface area contributed by atoms with Gasteiger partial charge < -0.3 is 9.88 Å². The molecule has 2 aromatic carbocycles. The van der Waals surface area contributed by atoms with Gasteiger partial charge in [-0.1, -0.05) is 36.4 Å². The molecule has 8 heteroatoms. The Labute approximate surface area is 203 Å². The first-order valence-corrected chi connectivity index (χ1v) is 12.0. The summed E-state index contributed by atoms with van der Waals surface area (Å²) < 4.78 is 16.7. The van der Waals surface area contributed by atoms with Gasteiger partial charge in [0, 0.05) is 38.2 Å². The molecule has 1 aliphatic heterocycles. The van der Waals surface area contributed by atoms with Gasteiger partial charge in [0.1, 0.15) is 5.82 Å². The number of rotatable bonds is 9. The normalized spacial score (nSPS) is 14.8. The maximum atomic E-state index is 13.9. The van der Waals surface area contributed by atoms with Gasteiger partial charge in [-0.3, -0.25) is 23.9 Å².